The molecule has 0 spiro atoms. The van der Waals surface area contributed by atoms with Gasteiger partial charge in [-0.1, -0.05) is 42.1 Å². The van der Waals surface area contributed by atoms with Crippen molar-refractivity contribution >= 4 is 57.9 Å². The van der Waals surface area contributed by atoms with Gasteiger partial charge in [-0.25, -0.2) is 10.4 Å². The third kappa shape index (κ3) is 5.93. The first-order valence-electron chi connectivity index (χ1n) is 11.5. The van der Waals surface area contributed by atoms with Crippen LogP contribution in [0.4, 0.5) is 5.69 Å². The van der Waals surface area contributed by atoms with Crippen molar-refractivity contribution in [2.75, 3.05) is 12.4 Å². The van der Waals surface area contributed by atoms with E-state index < -0.39 is 5.91 Å². The van der Waals surface area contributed by atoms with Gasteiger partial charge in [-0.2, -0.15) is 5.10 Å². The van der Waals surface area contributed by atoms with Crippen LogP contribution >= 0.6 is 23.1 Å². The van der Waals surface area contributed by atoms with Gasteiger partial charge in [0.05, 0.1) is 29.5 Å². The van der Waals surface area contributed by atoms with E-state index in [1.807, 2.05) is 47.8 Å². The third-order valence-electron chi connectivity index (χ3n) is 5.47. The minimum absolute atomic E-state index is 0.273. The van der Waals surface area contributed by atoms with Crippen LogP contribution < -0.4 is 15.5 Å². The third-order valence-corrected chi connectivity index (χ3v) is 7.22. The number of carbonyl (C=O) groups is 2. The Morgan fingerprint density at radius 2 is 1.89 bits per heavy atom. The molecule has 0 aliphatic carbocycles. The van der Waals surface area contributed by atoms with Crippen LogP contribution in [0.3, 0.4) is 0 Å². The SMILES string of the molecule is COc1ccc(/C=N\NC(=O)c2ccccc2NC(=O)c2cccs2)cc1CSc1nc2ccccc2o1. The fourth-order valence-corrected chi connectivity index (χ4v) is 5.09. The van der Waals surface area contributed by atoms with Gasteiger partial charge in [-0.15, -0.1) is 11.3 Å². The van der Waals surface area contributed by atoms with Crippen molar-refractivity contribution < 1.29 is 18.7 Å². The molecule has 0 aliphatic rings. The zero-order valence-electron chi connectivity index (χ0n) is 20.2. The molecule has 0 atom stereocenters. The lowest BCUT2D eigenvalue weighted by atomic mass is 10.1. The Morgan fingerprint density at radius 1 is 1.05 bits per heavy atom. The number of carbonyl (C=O) groups excluding carboxylic acids is 2. The van der Waals surface area contributed by atoms with E-state index in [4.69, 9.17) is 9.15 Å². The van der Waals surface area contributed by atoms with Gasteiger partial charge in [0.15, 0.2) is 5.58 Å². The number of hydrogen-bond acceptors (Lipinski definition) is 8. The van der Waals surface area contributed by atoms with E-state index in [0.717, 1.165) is 28.0 Å². The lowest BCUT2D eigenvalue weighted by Gasteiger charge is -2.09. The van der Waals surface area contributed by atoms with Crippen molar-refractivity contribution in [2.24, 2.45) is 5.10 Å². The number of hydrazone groups is 1. The van der Waals surface area contributed by atoms with Crippen LogP contribution in [-0.4, -0.2) is 30.1 Å². The number of hydrogen-bond donors (Lipinski definition) is 2. The number of thioether (sulfide) groups is 1. The largest absolute Gasteiger partial charge is 0.496 e. The molecule has 2 heterocycles. The first kappa shape index (κ1) is 25.2. The van der Waals surface area contributed by atoms with Gasteiger partial charge in [-0.3, -0.25) is 9.59 Å². The quantitative estimate of drug-likeness (QED) is 0.130. The first-order valence-corrected chi connectivity index (χ1v) is 13.4. The van der Waals surface area contributed by atoms with Crippen LogP contribution in [0.25, 0.3) is 11.1 Å². The van der Waals surface area contributed by atoms with Gasteiger partial charge in [0.2, 0.25) is 0 Å². The van der Waals surface area contributed by atoms with Crippen molar-refractivity contribution in [2.45, 2.75) is 11.0 Å². The predicted molar refractivity (Wildman–Crippen MR) is 150 cm³/mol. The molecule has 3 aromatic carbocycles. The van der Waals surface area contributed by atoms with E-state index in [2.05, 4.69) is 20.8 Å². The zero-order chi connectivity index (χ0) is 26.3. The number of methoxy groups -OCH3 is 1. The molecule has 38 heavy (non-hydrogen) atoms. The highest BCUT2D eigenvalue weighted by atomic mass is 32.2. The highest BCUT2D eigenvalue weighted by Crippen LogP contribution is 2.30. The normalized spacial score (nSPS) is 11.1. The molecule has 0 radical (unpaired) electrons. The molecule has 5 rings (SSSR count). The number of anilines is 1. The number of nitrogens with one attached hydrogen (secondary N) is 2. The van der Waals surface area contributed by atoms with Crippen molar-refractivity contribution in [1.29, 1.82) is 0 Å². The van der Waals surface area contributed by atoms with E-state index in [1.165, 1.54) is 23.1 Å². The Labute approximate surface area is 226 Å². The van der Waals surface area contributed by atoms with E-state index in [0.29, 0.717) is 27.1 Å². The van der Waals surface area contributed by atoms with Gasteiger partial charge in [0, 0.05) is 11.3 Å². The average Bonchev–Trinajstić information content (AvgIpc) is 3.62. The topological polar surface area (TPSA) is 106 Å². The standard InChI is InChI=1S/C28H22N4O4S2/c1-35-23-13-12-18(15-19(23)17-38-28-31-22-9-4-5-10-24(22)36-28)16-29-32-26(33)20-7-2-3-8-21(20)30-27(34)25-11-6-14-37-25/h2-16H,17H2,1H3,(H,30,34)(H,32,33)/b29-16-. The number of ether oxygens (including phenoxy) is 1. The molecule has 8 nitrogen and oxygen atoms in total. The summed E-state index contributed by atoms with van der Waals surface area (Å²) in [6.07, 6.45) is 1.55. The van der Waals surface area contributed by atoms with Crippen LogP contribution in [0.15, 0.2) is 99.0 Å². The number of nitrogens with zero attached hydrogens (tertiary/aromatic N) is 2. The lowest BCUT2D eigenvalue weighted by Crippen LogP contribution is -2.21. The summed E-state index contributed by atoms with van der Waals surface area (Å²) >= 11 is 2.79. The second-order valence-corrected chi connectivity index (χ2v) is 9.86. The van der Waals surface area contributed by atoms with Crippen LogP contribution in [0.5, 0.6) is 5.75 Å². The maximum absolute atomic E-state index is 12.8. The molecule has 0 bridgehead atoms. The summed E-state index contributed by atoms with van der Waals surface area (Å²) in [7, 11) is 1.62. The zero-order valence-corrected chi connectivity index (χ0v) is 21.8. The molecule has 2 aromatic heterocycles. The predicted octanol–water partition coefficient (Wildman–Crippen LogP) is 6.21. The van der Waals surface area contributed by atoms with Gasteiger partial charge in [-0.05, 0) is 59.5 Å². The van der Waals surface area contributed by atoms with E-state index in [9.17, 15) is 9.59 Å². The Bertz CT molecular complexity index is 1580. The van der Waals surface area contributed by atoms with Gasteiger partial charge in [0.1, 0.15) is 11.3 Å². The van der Waals surface area contributed by atoms with E-state index in [1.54, 1.807) is 49.7 Å². The van der Waals surface area contributed by atoms with Crippen LogP contribution in [0.1, 0.15) is 31.2 Å². The molecule has 2 N–H and O–H groups in total. The summed E-state index contributed by atoms with van der Waals surface area (Å²) < 4.78 is 11.3. The second kappa shape index (κ2) is 11.8. The molecule has 0 saturated carbocycles. The Kier molecular flexibility index (Phi) is 7.81. The number of aromatic nitrogens is 1. The molecule has 2 amide bonds. The second-order valence-electron chi connectivity index (χ2n) is 7.98. The number of benzene rings is 3. The van der Waals surface area contributed by atoms with Crippen LogP contribution in [0, 0.1) is 0 Å². The summed E-state index contributed by atoms with van der Waals surface area (Å²) in [4.78, 5) is 30.3. The monoisotopic (exact) mass is 542 g/mol. The molecule has 0 unspecified atom stereocenters. The lowest BCUT2D eigenvalue weighted by molar-refractivity contribution is 0.0956. The maximum Gasteiger partial charge on any atom is 0.273 e. The maximum atomic E-state index is 12.8. The van der Waals surface area contributed by atoms with Crippen molar-refractivity contribution in [3.8, 4) is 5.75 Å². The molecule has 0 fully saturated rings. The molecule has 10 heteroatoms. The minimum Gasteiger partial charge on any atom is -0.496 e. The number of fused-ring (bicyclic) bond motifs is 1. The molecule has 0 aliphatic heterocycles. The van der Waals surface area contributed by atoms with Gasteiger partial charge >= 0.3 is 0 Å². The molecular formula is C28H22N4O4S2. The number of para-hydroxylation sites is 3. The number of oxazole rings is 1. The summed E-state index contributed by atoms with van der Waals surface area (Å²) in [6.45, 7) is 0. The van der Waals surface area contributed by atoms with Crippen LogP contribution in [-0.2, 0) is 5.75 Å². The summed E-state index contributed by atoms with van der Waals surface area (Å²) in [5, 5.41) is 9.30. The Morgan fingerprint density at radius 3 is 2.71 bits per heavy atom. The van der Waals surface area contributed by atoms with Gasteiger partial charge in [0.25, 0.3) is 17.0 Å². The number of amides is 2. The van der Waals surface area contributed by atoms with Crippen molar-refractivity contribution in [1.82, 2.24) is 10.4 Å². The molecule has 5 aromatic rings. The molecule has 190 valence electrons. The smallest absolute Gasteiger partial charge is 0.273 e. The van der Waals surface area contributed by atoms with Crippen molar-refractivity contribution in [3.63, 3.8) is 0 Å². The van der Waals surface area contributed by atoms with E-state index in [-0.39, 0.29) is 5.91 Å². The summed E-state index contributed by atoms with van der Waals surface area (Å²) in [6, 6.07) is 23.5. The number of rotatable bonds is 9. The number of thiophene rings is 1. The van der Waals surface area contributed by atoms with Gasteiger partial charge < -0.3 is 14.5 Å². The Hall–Kier alpha value is -4.41. The van der Waals surface area contributed by atoms with Crippen LogP contribution in [0.2, 0.25) is 0 Å². The Balaban J connectivity index is 1.25. The summed E-state index contributed by atoms with van der Waals surface area (Å²) in [5.41, 5.74) is 6.50. The molecular weight excluding hydrogens is 520 g/mol. The van der Waals surface area contributed by atoms with Crippen molar-refractivity contribution in [3.05, 3.63) is 106 Å². The molecule has 0 saturated heterocycles. The minimum atomic E-state index is -0.441. The highest BCUT2D eigenvalue weighted by molar-refractivity contribution is 7.98. The van der Waals surface area contributed by atoms with E-state index >= 15 is 0 Å². The fourth-order valence-electron chi connectivity index (χ4n) is 3.65. The fraction of sp³-hybridized carbons (Fsp3) is 0.0714. The first-order chi connectivity index (χ1) is 18.6. The highest BCUT2D eigenvalue weighted by Gasteiger charge is 2.14. The average molecular weight is 543 g/mol. The summed E-state index contributed by atoms with van der Waals surface area (Å²) in [5.74, 6) is 0.584.